The molecular weight excluding hydrogens is 280 g/mol. The number of benzene rings is 1. The number of likely N-dealkylation sites (tertiary alicyclic amines) is 1. The van der Waals surface area contributed by atoms with E-state index in [1.807, 2.05) is 6.07 Å². The summed E-state index contributed by atoms with van der Waals surface area (Å²) in [6.45, 7) is 2.14. The normalized spacial score (nSPS) is 20.8. The number of anilines is 1. The zero-order valence-electron chi connectivity index (χ0n) is 13.4. The van der Waals surface area contributed by atoms with Crippen LogP contribution >= 0.6 is 0 Å². The van der Waals surface area contributed by atoms with Crippen LogP contribution in [0.15, 0.2) is 18.2 Å². The number of hydrogen-bond acceptors (Lipinski definition) is 5. The Kier molecular flexibility index (Phi) is 6.49. The summed E-state index contributed by atoms with van der Waals surface area (Å²) in [6, 6.07) is 5.89. The highest BCUT2D eigenvalue weighted by molar-refractivity contribution is 5.54. The molecule has 2 unspecified atom stereocenters. The van der Waals surface area contributed by atoms with Crippen molar-refractivity contribution >= 4 is 5.69 Å². The largest absolute Gasteiger partial charge is 0.495 e. The smallest absolute Gasteiger partial charge is 0.141 e. The first-order chi connectivity index (χ1) is 10.7. The van der Waals surface area contributed by atoms with Gasteiger partial charge in [0.1, 0.15) is 5.75 Å². The first-order valence-corrected chi connectivity index (χ1v) is 8.12. The van der Waals surface area contributed by atoms with Crippen LogP contribution in [0.2, 0.25) is 0 Å². The van der Waals surface area contributed by atoms with Crippen molar-refractivity contribution in [3.63, 3.8) is 0 Å². The zero-order valence-corrected chi connectivity index (χ0v) is 13.4. The van der Waals surface area contributed by atoms with Crippen LogP contribution in [0.1, 0.15) is 43.8 Å². The quantitative estimate of drug-likeness (QED) is 0.671. The maximum atomic E-state index is 10.4. The van der Waals surface area contributed by atoms with E-state index >= 15 is 0 Å². The summed E-state index contributed by atoms with van der Waals surface area (Å²) in [5.74, 6) is 0.634. The Morgan fingerprint density at radius 3 is 2.91 bits per heavy atom. The number of ether oxygens (including phenoxy) is 1. The fourth-order valence-corrected chi connectivity index (χ4v) is 3.25. The van der Waals surface area contributed by atoms with Crippen molar-refractivity contribution in [2.24, 2.45) is 0 Å². The molecule has 0 aromatic heterocycles. The fourth-order valence-electron chi connectivity index (χ4n) is 3.25. The van der Waals surface area contributed by atoms with E-state index in [1.54, 1.807) is 19.2 Å². The van der Waals surface area contributed by atoms with Gasteiger partial charge in [0, 0.05) is 19.2 Å². The number of aliphatic hydroxyl groups excluding tert-OH is 2. The Morgan fingerprint density at radius 2 is 2.23 bits per heavy atom. The van der Waals surface area contributed by atoms with Crippen LogP contribution in [0.3, 0.4) is 0 Å². The van der Waals surface area contributed by atoms with Crippen molar-refractivity contribution in [2.45, 2.75) is 44.2 Å². The summed E-state index contributed by atoms with van der Waals surface area (Å²) in [5, 5.41) is 19.6. The third kappa shape index (κ3) is 4.35. The number of piperidine rings is 1. The molecule has 0 saturated carbocycles. The van der Waals surface area contributed by atoms with Crippen LogP contribution in [0, 0.1) is 0 Å². The van der Waals surface area contributed by atoms with Gasteiger partial charge >= 0.3 is 0 Å². The van der Waals surface area contributed by atoms with Gasteiger partial charge in [0.2, 0.25) is 0 Å². The van der Waals surface area contributed by atoms with Crippen LogP contribution in [0.25, 0.3) is 0 Å². The van der Waals surface area contributed by atoms with Crippen LogP contribution in [0.4, 0.5) is 5.69 Å². The molecule has 2 rings (SSSR count). The Bertz CT molecular complexity index is 465. The topological polar surface area (TPSA) is 79.0 Å². The molecule has 0 aliphatic carbocycles. The second-order valence-corrected chi connectivity index (χ2v) is 6.00. The van der Waals surface area contributed by atoms with Gasteiger partial charge in [-0.05, 0) is 49.9 Å². The van der Waals surface area contributed by atoms with Gasteiger partial charge < -0.3 is 25.6 Å². The van der Waals surface area contributed by atoms with Crippen LogP contribution < -0.4 is 10.5 Å². The van der Waals surface area contributed by atoms with Gasteiger partial charge in [0.25, 0.3) is 0 Å². The van der Waals surface area contributed by atoms with Crippen LogP contribution in [-0.2, 0) is 0 Å². The van der Waals surface area contributed by atoms with Crippen molar-refractivity contribution in [3.05, 3.63) is 23.8 Å². The molecular formula is C17H28N2O3. The predicted molar refractivity (Wildman–Crippen MR) is 87.9 cm³/mol. The molecule has 1 aromatic rings. The lowest BCUT2D eigenvalue weighted by Crippen LogP contribution is -2.41. The molecule has 22 heavy (non-hydrogen) atoms. The van der Waals surface area contributed by atoms with Gasteiger partial charge in [-0.1, -0.05) is 12.5 Å². The van der Waals surface area contributed by atoms with Crippen molar-refractivity contribution < 1.29 is 14.9 Å². The van der Waals surface area contributed by atoms with Gasteiger partial charge in [-0.15, -0.1) is 0 Å². The molecule has 0 bridgehead atoms. The van der Waals surface area contributed by atoms with Crippen molar-refractivity contribution in [1.29, 1.82) is 0 Å². The van der Waals surface area contributed by atoms with Crippen LogP contribution in [-0.4, -0.2) is 48.0 Å². The first-order valence-electron chi connectivity index (χ1n) is 8.12. The minimum Gasteiger partial charge on any atom is -0.495 e. The molecule has 1 saturated heterocycles. The average Bonchev–Trinajstić information content (AvgIpc) is 2.54. The van der Waals surface area contributed by atoms with E-state index < -0.39 is 6.10 Å². The second kappa shape index (κ2) is 8.36. The van der Waals surface area contributed by atoms with E-state index in [0.29, 0.717) is 23.9 Å². The molecule has 0 radical (unpaired) electrons. The van der Waals surface area contributed by atoms with Gasteiger partial charge in [-0.3, -0.25) is 0 Å². The van der Waals surface area contributed by atoms with E-state index in [0.717, 1.165) is 31.5 Å². The number of methoxy groups -OCH3 is 1. The predicted octanol–water partition coefficient (Wildman–Crippen LogP) is 1.94. The minimum atomic E-state index is -0.523. The average molecular weight is 308 g/mol. The number of nitrogens with zero attached hydrogens (tertiary/aromatic N) is 1. The molecule has 5 heteroatoms. The summed E-state index contributed by atoms with van der Waals surface area (Å²) in [4.78, 5) is 2.40. The maximum Gasteiger partial charge on any atom is 0.141 e. The maximum absolute atomic E-state index is 10.4. The Balaban J connectivity index is 1.91. The van der Waals surface area contributed by atoms with Gasteiger partial charge in [0.05, 0.1) is 18.9 Å². The SMILES string of the molecule is COc1ccc(C(O)CCN2CCCCC2CCO)cc1N. The molecule has 1 fully saturated rings. The molecule has 1 aliphatic heterocycles. The van der Waals surface area contributed by atoms with Gasteiger partial charge in [-0.2, -0.15) is 0 Å². The van der Waals surface area contributed by atoms with E-state index in [4.69, 9.17) is 15.6 Å². The number of hydrogen-bond donors (Lipinski definition) is 3. The third-order valence-corrected chi connectivity index (χ3v) is 4.54. The summed E-state index contributed by atoms with van der Waals surface area (Å²) in [7, 11) is 1.58. The standard InChI is InChI=1S/C17H28N2O3/c1-22-17-6-5-13(12-15(17)18)16(21)7-10-19-9-3-2-4-14(19)8-11-20/h5-6,12,14,16,20-21H,2-4,7-11,18H2,1H3. The van der Waals surface area contributed by atoms with E-state index in [9.17, 15) is 5.11 Å². The second-order valence-electron chi connectivity index (χ2n) is 6.00. The van der Waals surface area contributed by atoms with E-state index in [-0.39, 0.29) is 6.61 Å². The molecule has 0 amide bonds. The molecule has 2 atom stereocenters. The zero-order chi connectivity index (χ0) is 15.9. The fraction of sp³-hybridized carbons (Fsp3) is 0.647. The van der Waals surface area contributed by atoms with Crippen molar-refractivity contribution in [2.75, 3.05) is 32.5 Å². The molecule has 0 spiro atoms. The molecule has 1 aromatic carbocycles. The monoisotopic (exact) mass is 308 g/mol. The lowest BCUT2D eigenvalue weighted by molar-refractivity contribution is 0.0891. The number of aliphatic hydroxyl groups is 2. The Labute approximate surface area is 132 Å². The van der Waals surface area contributed by atoms with Crippen LogP contribution in [0.5, 0.6) is 5.75 Å². The third-order valence-electron chi connectivity index (χ3n) is 4.54. The minimum absolute atomic E-state index is 0.235. The molecule has 5 nitrogen and oxygen atoms in total. The summed E-state index contributed by atoms with van der Waals surface area (Å²) >= 11 is 0. The first kappa shape index (κ1) is 17.1. The number of nitrogens with two attached hydrogens (primary N) is 1. The van der Waals surface area contributed by atoms with E-state index in [1.165, 1.54) is 12.8 Å². The van der Waals surface area contributed by atoms with Crippen molar-refractivity contribution in [3.8, 4) is 5.75 Å². The molecule has 1 heterocycles. The highest BCUT2D eigenvalue weighted by Gasteiger charge is 2.22. The molecule has 4 N–H and O–H groups in total. The van der Waals surface area contributed by atoms with Gasteiger partial charge in [0.15, 0.2) is 0 Å². The lowest BCUT2D eigenvalue weighted by atomic mass is 9.98. The van der Waals surface area contributed by atoms with E-state index in [2.05, 4.69) is 4.90 Å². The molecule has 1 aliphatic rings. The lowest BCUT2D eigenvalue weighted by Gasteiger charge is -2.36. The summed E-state index contributed by atoms with van der Waals surface area (Å²) in [6.07, 6.45) is 4.56. The van der Waals surface area contributed by atoms with Gasteiger partial charge in [-0.25, -0.2) is 0 Å². The summed E-state index contributed by atoms with van der Waals surface area (Å²) in [5.41, 5.74) is 7.27. The summed E-state index contributed by atoms with van der Waals surface area (Å²) < 4.78 is 5.14. The Hall–Kier alpha value is -1.30. The molecule has 124 valence electrons. The highest BCUT2D eigenvalue weighted by Crippen LogP contribution is 2.27. The van der Waals surface area contributed by atoms with Crippen molar-refractivity contribution in [1.82, 2.24) is 4.90 Å². The number of nitrogen functional groups attached to an aromatic ring is 1. The highest BCUT2D eigenvalue weighted by atomic mass is 16.5. The number of rotatable bonds is 7. The Morgan fingerprint density at radius 1 is 1.41 bits per heavy atom.